The van der Waals surface area contributed by atoms with Crippen molar-refractivity contribution in [1.82, 2.24) is 9.88 Å². The summed E-state index contributed by atoms with van der Waals surface area (Å²) < 4.78 is 35.1. The zero-order valence-corrected chi connectivity index (χ0v) is 24.7. The Morgan fingerprint density at radius 2 is 1.75 bits per heavy atom. The lowest BCUT2D eigenvalue weighted by molar-refractivity contribution is 0.0983. The van der Waals surface area contributed by atoms with Crippen molar-refractivity contribution >= 4 is 48.3 Å². The molecule has 2 heterocycles. The van der Waals surface area contributed by atoms with E-state index in [9.17, 15) is 13.2 Å². The van der Waals surface area contributed by atoms with Gasteiger partial charge in [-0.2, -0.15) is 0 Å². The number of likely N-dealkylation sites (N-methyl/N-ethyl adjacent to an activating group) is 1. The molecule has 5 rings (SSSR count). The van der Waals surface area contributed by atoms with Crippen LogP contribution in [0.15, 0.2) is 71.6 Å². The number of rotatable bonds is 10. The Balaban J connectivity index is 1.45. The molecule has 4 aromatic rings. The molecule has 40 heavy (non-hydrogen) atoms. The van der Waals surface area contributed by atoms with Crippen LogP contribution >= 0.6 is 11.3 Å². The molecule has 210 valence electrons. The largest absolute Gasteiger partial charge is 0.494 e. The number of sulfonamides is 1. The van der Waals surface area contributed by atoms with Crippen LogP contribution in [0.2, 0.25) is 0 Å². The lowest BCUT2D eigenvalue weighted by Gasteiger charge is -2.30. The van der Waals surface area contributed by atoms with Gasteiger partial charge in [0.05, 0.1) is 22.4 Å². The second kappa shape index (κ2) is 12.0. The molecule has 1 aliphatic rings. The van der Waals surface area contributed by atoms with Crippen LogP contribution in [0.3, 0.4) is 0 Å². The van der Waals surface area contributed by atoms with E-state index in [-0.39, 0.29) is 10.8 Å². The van der Waals surface area contributed by atoms with Crippen LogP contribution in [-0.2, 0) is 16.4 Å². The van der Waals surface area contributed by atoms with Gasteiger partial charge in [0.15, 0.2) is 5.13 Å². The van der Waals surface area contributed by atoms with Crippen molar-refractivity contribution in [3.63, 3.8) is 0 Å². The van der Waals surface area contributed by atoms with Crippen LogP contribution < -0.4 is 13.9 Å². The molecular weight excluding hydrogens is 544 g/mol. The molecule has 10 heteroatoms. The van der Waals surface area contributed by atoms with Crippen molar-refractivity contribution in [3.8, 4) is 5.75 Å². The highest BCUT2D eigenvalue weighted by atomic mass is 32.2. The van der Waals surface area contributed by atoms with Gasteiger partial charge in [-0.25, -0.2) is 13.4 Å². The number of anilines is 2. The minimum absolute atomic E-state index is 0.167. The highest BCUT2D eigenvalue weighted by Gasteiger charge is 2.29. The Morgan fingerprint density at radius 3 is 2.48 bits per heavy atom. The van der Waals surface area contributed by atoms with E-state index in [1.54, 1.807) is 24.1 Å². The highest BCUT2D eigenvalue weighted by molar-refractivity contribution is 7.92. The number of hydrogen-bond acceptors (Lipinski definition) is 7. The number of benzene rings is 3. The van der Waals surface area contributed by atoms with E-state index < -0.39 is 10.0 Å². The van der Waals surface area contributed by atoms with Crippen molar-refractivity contribution in [2.24, 2.45) is 0 Å². The van der Waals surface area contributed by atoms with Crippen LogP contribution in [0.4, 0.5) is 10.8 Å². The Labute approximate surface area is 239 Å². The summed E-state index contributed by atoms with van der Waals surface area (Å²) in [6.45, 7) is 7.51. The van der Waals surface area contributed by atoms with E-state index in [4.69, 9.17) is 9.72 Å². The number of carbonyl (C=O) groups excluding carboxylic acids is 1. The monoisotopic (exact) mass is 578 g/mol. The van der Waals surface area contributed by atoms with Gasteiger partial charge in [0.25, 0.3) is 15.9 Å². The smallest absolute Gasteiger partial charge is 0.264 e. The first kappa shape index (κ1) is 28.1. The molecule has 0 spiro atoms. The van der Waals surface area contributed by atoms with Gasteiger partial charge in [-0.1, -0.05) is 49.4 Å². The van der Waals surface area contributed by atoms with E-state index >= 15 is 0 Å². The molecule has 3 aromatic carbocycles. The van der Waals surface area contributed by atoms with E-state index in [1.807, 2.05) is 42.5 Å². The van der Waals surface area contributed by atoms with Crippen LogP contribution in [-0.4, -0.2) is 64.0 Å². The molecule has 0 unspecified atom stereocenters. The zero-order valence-electron chi connectivity index (χ0n) is 23.0. The summed E-state index contributed by atoms with van der Waals surface area (Å²) in [5.41, 5.74) is 2.88. The summed E-state index contributed by atoms with van der Waals surface area (Å²) >= 11 is 1.44. The fourth-order valence-electron chi connectivity index (χ4n) is 5.06. The number of fused-ring (bicyclic) bond motifs is 2. The van der Waals surface area contributed by atoms with Gasteiger partial charge in [-0.05, 0) is 74.0 Å². The third-order valence-electron chi connectivity index (χ3n) is 7.36. The molecule has 1 aromatic heterocycles. The van der Waals surface area contributed by atoms with E-state index in [1.165, 1.54) is 27.8 Å². The third kappa shape index (κ3) is 5.43. The fraction of sp³-hybridized carbons (Fsp3) is 0.333. The maximum atomic E-state index is 13.9. The number of nitrogens with zero attached hydrogens (tertiary/aromatic N) is 4. The number of hydrogen-bond donors (Lipinski definition) is 0. The summed E-state index contributed by atoms with van der Waals surface area (Å²) in [6, 6.07) is 19.6. The van der Waals surface area contributed by atoms with E-state index in [2.05, 4.69) is 18.7 Å². The number of thiazole rings is 1. The fourth-order valence-corrected chi connectivity index (χ4v) is 7.61. The van der Waals surface area contributed by atoms with Crippen molar-refractivity contribution in [2.75, 3.05) is 49.0 Å². The van der Waals surface area contributed by atoms with E-state index in [0.717, 1.165) is 41.9 Å². The summed E-state index contributed by atoms with van der Waals surface area (Å²) in [7, 11) is -2.16. The topological polar surface area (TPSA) is 83.1 Å². The number of aryl methyl sites for hydroxylation is 1. The molecular formula is C30H34N4O4S2. The molecule has 0 saturated carbocycles. The quantitative estimate of drug-likeness (QED) is 0.249. The predicted molar refractivity (Wildman–Crippen MR) is 161 cm³/mol. The summed E-state index contributed by atoms with van der Waals surface area (Å²) in [4.78, 5) is 22.8. The number of aromatic nitrogens is 1. The van der Waals surface area contributed by atoms with Crippen LogP contribution in [0.5, 0.6) is 5.75 Å². The van der Waals surface area contributed by atoms with Gasteiger partial charge < -0.3 is 9.64 Å². The first-order valence-corrected chi connectivity index (χ1v) is 15.8. The number of para-hydroxylation sites is 2. The molecule has 0 atom stereocenters. The van der Waals surface area contributed by atoms with Crippen LogP contribution in [0.1, 0.15) is 36.2 Å². The average Bonchev–Trinajstić information content (AvgIpc) is 3.43. The molecule has 1 amide bonds. The van der Waals surface area contributed by atoms with E-state index in [0.29, 0.717) is 41.6 Å². The van der Waals surface area contributed by atoms with Gasteiger partial charge in [0, 0.05) is 25.2 Å². The standard InChI is InChI=1S/C30H34N4O4S2/c1-4-32(5-2)20-21-33(30-31-28-26(38-3)13-8-14-27(28)39-30)29(35)23-15-17-24(18-16-23)40(36,37)34-19-9-11-22-10-6-7-12-25(22)34/h6-8,10,12-18H,4-5,9,11,19-21H2,1-3H3. The summed E-state index contributed by atoms with van der Waals surface area (Å²) in [5, 5.41) is 0.582. The molecule has 0 bridgehead atoms. The van der Waals surface area contributed by atoms with Gasteiger partial charge in [0.1, 0.15) is 11.3 Å². The molecule has 1 aliphatic heterocycles. The average molecular weight is 579 g/mol. The summed E-state index contributed by atoms with van der Waals surface area (Å²) in [6.07, 6.45) is 1.62. The van der Waals surface area contributed by atoms with Gasteiger partial charge >= 0.3 is 0 Å². The number of amides is 1. The van der Waals surface area contributed by atoms with Crippen LogP contribution in [0, 0.1) is 0 Å². The van der Waals surface area contributed by atoms with Crippen molar-refractivity contribution in [2.45, 2.75) is 31.6 Å². The molecule has 0 N–H and O–H groups in total. The van der Waals surface area contributed by atoms with Crippen molar-refractivity contribution < 1.29 is 17.9 Å². The second-order valence-corrected chi connectivity index (χ2v) is 12.5. The Bertz CT molecular complexity index is 1600. The minimum Gasteiger partial charge on any atom is -0.494 e. The summed E-state index contributed by atoms with van der Waals surface area (Å²) in [5.74, 6) is 0.433. The van der Waals surface area contributed by atoms with Gasteiger partial charge in [-0.15, -0.1) is 0 Å². The predicted octanol–water partition coefficient (Wildman–Crippen LogP) is 5.44. The molecule has 0 aliphatic carbocycles. The lowest BCUT2D eigenvalue weighted by Crippen LogP contribution is -2.39. The maximum absolute atomic E-state index is 13.9. The Kier molecular flexibility index (Phi) is 8.39. The Morgan fingerprint density at radius 1 is 1.00 bits per heavy atom. The number of methoxy groups -OCH3 is 1. The number of carbonyl (C=O) groups is 1. The second-order valence-electron chi connectivity index (χ2n) is 9.62. The molecule has 0 fully saturated rings. The maximum Gasteiger partial charge on any atom is 0.264 e. The lowest BCUT2D eigenvalue weighted by atomic mass is 10.0. The Hall–Kier alpha value is -3.47. The zero-order chi connectivity index (χ0) is 28.3. The SMILES string of the molecule is CCN(CC)CCN(C(=O)c1ccc(S(=O)(=O)N2CCCc3ccccc32)cc1)c1nc2c(OC)cccc2s1. The number of ether oxygens (including phenoxy) is 1. The van der Waals surface area contributed by atoms with Crippen molar-refractivity contribution in [1.29, 1.82) is 0 Å². The molecule has 8 nitrogen and oxygen atoms in total. The highest BCUT2D eigenvalue weighted by Crippen LogP contribution is 2.35. The first-order valence-electron chi connectivity index (χ1n) is 13.6. The van der Waals surface area contributed by atoms with Crippen molar-refractivity contribution in [3.05, 3.63) is 77.9 Å². The molecule has 0 saturated heterocycles. The van der Waals surface area contributed by atoms with Gasteiger partial charge in [-0.3, -0.25) is 14.0 Å². The first-order chi connectivity index (χ1) is 19.4. The van der Waals surface area contributed by atoms with Gasteiger partial charge in [0.2, 0.25) is 0 Å². The molecule has 0 radical (unpaired) electrons. The van der Waals surface area contributed by atoms with Crippen LogP contribution in [0.25, 0.3) is 10.2 Å². The minimum atomic E-state index is -3.77. The normalized spacial score (nSPS) is 13.4. The third-order valence-corrected chi connectivity index (χ3v) is 10.2.